The van der Waals surface area contributed by atoms with Crippen LogP contribution in [0.25, 0.3) is 0 Å². The van der Waals surface area contributed by atoms with Crippen LogP contribution in [-0.2, 0) is 4.79 Å². The van der Waals surface area contributed by atoms with Gasteiger partial charge in [-0.25, -0.2) is 0 Å². The Morgan fingerprint density at radius 2 is 2.00 bits per heavy atom. The fourth-order valence-electron chi connectivity index (χ4n) is 1.02. The molecule has 1 heteroatoms. The molecule has 0 atom stereocenters. The number of carbonyl (C=O) groups excluding carboxylic acids is 1. The molecule has 0 unspecified atom stereocenters. The van der Waals surface area contributed by atoms with Crippen LogP contribution in [0, 0.1) is 0 Å². The highest BCUT2D eigenvalue weighted by molar-refractivity contribution is 5.66. The van der Waals surface area contributed by atoms with Crippen molar-refractivity contribution in [2.24, 2.45) is 0 Å². The van der Waals surface area contributed by atoms with E-state index in [9.17, 15) is 4.79 Å². The van der Waals surface area contributed by atoms with E-state index in [2.05, 4.69) is 26.8 Å². The van der Waals surface area contributed by atoms with E-state index in [4.69, 9.17) is 0 Å². The normalized spacial score (nSPS) is 11.1. The average Bonchev–Trinajstić information content (AvgIpc) is 2.02. The smallest absolute Gasteiger partial charge is 0.142 e. The Balaban J connectivity index is 3.81. The van der Waals surface area contributed by atoms with Crippen molar-refractivity contribution in [3.05, 3.63) is 23.3 Å². The molecule has 0 rings (SSSR count). The van der Waals surface area contributed by atoms with E-state index in [0.29, 0.717) is 0 Å². The maximum absolute atomic E-state index is 10.2. The number of rotatable bonds is 5. The molecule has 0 N–H and O–H groups in total. The molecule has 0 aromatic heterocycles. The summed E-state index contributed by atoms with van der Waals surface area (Å²) in [4.78, 5) is 10.2. The molecule has 1 nitrogen and oxygen atoms in total. The quantitative estimate of drug-likeness (QED) is 0.348. The van der Waals surface area contributed by atoms with Gasteiger partial charge >= 0.3 is 0 Å². The number of allylic oxidation sites excluding steroid dienone is 4. The minimum atomic E-state index is 0.876. The van der Waals surface area contributed by atoms with Crippen molar-refractivity contribution in [3.8, 4) is 0 Å². The first-order valence-electron chi connectivity index (χ1n) is 4.47. The third kappa shape index (κ3) is 5.90. The van der Waals surface area contributed by atoms with Gasteiger partial charge in [-0.3, -0.25) is 4.79 Å². The van der Waals surface area contributed by atoms with Crippen LogP contribution in [0.4, 0.5) is 0 Å². The van der Waals surface area contributed by atoms with Crippen molar-refractivity contribution in [1.29, 1.82) is 0 Å². The Bertz CT molecular complexity index is 183. The standard InChI is InChI=1S/C11H18O/c1-4-11(8-9-12)7-5-6-10(2)3/h6,8-9H,4-5,7H2,1-3H3/b11-8-. The van der Waals surface area contributed by atoms with E-state index in [0.717, 1.165) is 25.5 Å². The van der Waals surface area contributed by atoms with Gasteiger partial charge in [0.05, 0.1) is 0 Å². The van der Waals surface area contributed by atoms with Crippen LogP contribution < -0.4 is 0 Å². The lowest BCUT2D eigenvalue weighted by atomic mass is 10.1. The van der Waals surface area contributed by atoms with Crippen LogP contribution in [0.2, 0.25) is 0 Å². The largest absolute Gasteiger partial charge is 0.299 e. The molecule has 0 saturated heterocycles. The molecule has 68 valence electrons. The van der Waals surface area contributed by atoms with Crippen molar-refractivity contribution in [2.75, 3.05) is 0 Å². The molecule has 0 aromatic carbocycles. The number of carbonyl (C=O) groups is 1. The molecule has 0 aliphatic heterocycles. The summed E-state index contributed by atoms with van der Waals surface area (Å²) in [7, 11) is 0. The minimum Gasteiger partial charge on any atom is -0.299 e. The first-order chi connectivity index (χ1) is 5.70. The lowest BCUT2D eigenvalue weighted by molar-refractivity contribution is -0.104. The summed E-state index contributed by atoms with van der Waals surface area (Å²) < 4.78 is 0. The summed E-state index contributed by atoms with van der Waals surface area (Å²) in [5.41, 5.74) is 2.58. The van der Waals surface area contributed by atoms with Gasteiger partial charge in [0.15, 0.2) is 0 Å². The maximum Gasteiger partial charge on any atom is 0.142 e. The molecule has 0 saturated carbocycles. The predicted molar refractivity (Wildman–Crippen MR) is 53.1 cm³/mol. The van der Waals surface area contributed by atoms with Gasteiger partial charge in [-0.15, -0.1) is 0 Å². The zero-order chi connectivity index (χ0) is 9.40. The lowest BCUT2D eigenvalue weighted by Gasteiger charge is -1.99. The lowest BCUT2D eigenvalue weighted by Crippen LogP contribution is -1.82. The molecule has 0 aliphatic carbocycles. The van der Waals surface area contributed by atoms with E-state index in [1.165, 1.54) is 11.1 Å². The third-order valence-corrected chi connectivity index (χ3v) is 1.78. The van der Waals surface area contributed by atoms with Gasteiger partial charge in [-0.2, -0.15) is 0 Å². The average molecular weight is 166 g/mol. The van der Waals surface area contributed by atoms with E-state index in [-0.39, 0.29) is 0 Å². The molecule has 0 heterocycles. The highest BCUT2D eigenvalue weighted by Gasteiger charge is 1.91. The van der Waals surface area contributed by atoms with Gasteiger partial charge in [0.25, 0.3) is 0 Å². The van der Waals surface area contributed by atoms with Crippen LogP contribution >= 0.6 is 0 Å². The first kappa shape index (κ1) is 11.2. The molecule has 12 heavy (non-hydrogen) atoms. The molecule has 0 radical (unpaired) electrons. The van der Waals surface area contributed by atoms with Crippen LogP contribution in [0.3, 0.4) is 0 Å². The maximum atomic E-state index is 10.2. The molecule has 0 fully saturated rings. The van der Waals surface area contributed by atoms with Gasteiger partial charge in [0.2, 0.25) is 0 Å². The molecule has 0 aromatic rings. The Morgan fingerprint density at radius 3 is 2.42 bits per heavy atom. The van der Waals surface area contributed by atoms with E-state index >= 15 is 0 Å². The summed E-state index contributed by atoms with van der Waals surface area (Å²) in [5, 5.41) is 0. The molecule has 0 spiro atoms. The zero-order valence-corrected chi connectivity index (χ0v) is 8.26. The van der Waals surface area contributed by atoms with Crippen molar-refractivity contribution in [2.45, 2.75) is 40.0 Å². The van der Waals surface area contributed by atoms with Crippen LogP contribution in [0.1, 0.15) is 40.0 Å². The second-order valence-corrected chi connectivity index (χ2v) is 3.13. The predicted octanol–water partition coefficient (Wildman–Crippen LogP) is 3.27. The molecule has 0 aliphatic rings. The zero-order valence-electron chi connectivity index (χ0n) is 8.26. The second kappa shape index (κ2) is 6.84. The molecular formula is C11H18O. The van der Waals surface area contributed by atoms with Crippen molar-refractivity contribution in [3.63, 3.8) is 0 Å². The van der Waals surface area contributed by atoms with E-state index < -0.39 is 0 Å². The van der Waals surface area contributed by atoms with Gasteiger partial charge in [-0.05, 0) is 39.2 Å². The Morgan fingerprint density at radius 1 is 1.33 bits per heavy atom. The Kier molecular flexibility index (Phi) is 6.35. The Labute approximate surface area is 75.2 Å². The minimum absolute atomic E-state index is 0.876. The number of hydrogen-bond acceptors (Lipinski definition) is 1. The summed E-state index contributed by atoms with van der Waals surface area (Å²) in [6.07, 6.45) is 7.81. The first-order valence-corrected chi connectivity index (χ1v) is 4.47. The van der Waals surface area contributed by atoms with Gasteiger partial charge in [0.1, 0.15) is 6.29 Å². The fraction of sp³-hybridized carbons (Fsp3) is 0.545. The highest BCUT2D eigenvalue weighted by atomic mass is 16.1. The summed E-state index contributed by atoms with van der Waals surface area (Å²) in [6.45, 7) is 6.27. The van der Waals surface area contributed by atoms with Crippen molar-refractivity contribution in [1.82, 2.24) is 0 Å². The van der Waals surface area contributed by atoms with Crippen LogP contribution in [0.5, 0.6) is 0 Å². The summed E-state index contributed by atoms with van der Waals surface area (Å²) in [6, 6.07) is 0. The van der Waals surface area contributed by atoms with Gasteiger partial charge in [-0.1, -0.05) is 24.1 Å². The molecular weight excluding hydrogens is 148 g/mol. The fourth-order valence-corrected chi connectivity index (χ4v) is 1.02. The van der Waals surface area contributed by atoms with Crippen molar-refractivity contribution >= 4 is 6.29 Å². The van der Waals surface area contributed by atoms with Crippen molar-refractivity contribution < 1.29 is 4.79 Å². The SMILES string of the molecule is CC/C(=C/C=O)CCC=C(C)C. The van der Waals surface area contributed by atoms with E-state index in [1.54, 1.807) is 6.08 Å². The summed E-state index contributed by atoms with van der Waals surface area (Å²) in [5.74, 6) is 0. The monoisotopic (exact) mass is 166 g/mol. The van der Waals surface area contributed by atoms with Gasteiger partial charge < -0.3 is 0 Å². The summed E-state index contributed by atoms with van der Waals surface area (Å²) >= 11 is 0. The molecule has 0 amide bonds. The van der Waals surface area contributed by atoms with E-state index in [1.807, 2.05) is 0 Å². The second-order valence-electron chi connectivity index (χ2n) is 3.13. The molecule has 0 bridgehead atoms. The Hall–Kier alpha value is -0.850. The topological polar surface area (TPSA) is 17.1 Å². The van der Waals surface area contributed by atoms with Crippen LogP contribution in [-0.4, -0.2) is 6.29 Å². The van der Waals surface area contributed by atoms with Crippen LogP contribution in [0.15, 0.2) is 23.3 Å². The third-order valence-electron chi connectivity index (χ3n) is 1.78. The number of hydrogen-bond donors (Lipinski definition) is 0. The highest BCUT2D eigenvalue weighted by Crippen LogP contribution is 2.09. The van der Waals surface area contributed by atoms with Gasteiger partial charge in [0, 0.05) is 0 Å². The number of aldehydes is 1.